The van der Waals surface area contributed by atoms with Gasteiger partial charge in [-0.2, -0.15) is 0 Å². The number of aryl methyl sites for hydroxylation is 2. The van der Waals surface area contributed by atoms with Gasteiger partial charge in [0.05, 0.1) is 0 Å². The summed E-state index contributed by atoms with van der Waals surface area (Å²) in [7, 11) is 0. The lowest BCUT2D eigenvalue weighted by molar-refractivity contribution is 0.772. The molecule has 0 heteroatoms. The van der Waals surface area contributed by atoms with Gasteiger partial charge in [-0.05, 0) is 70.6 Å². The van der Waals surface area contributed by atoms with Gasteiger partial charge in [-0.1, -0.05) is 73.2 Å². The molecule has 4 rings (SSSR count). The van der Waals surface area contributed by atoms with E-state index in [0.717, 1.165) is 6.42 Å². The van der Waals surface area contributed by atoms with E-state index in [4.69, 9.17) is 0 Å². The molecular weight excluding hydrogens is 300 g/mol. The molecule has 0 N–H and O–H groups in total. The van der Waals surface area contributed by atoms with Gasteiger partial charge in [0.25, 0.3) is 0 Å². The number of rotatable bonds is 3. The Kier molecular flexibility index (Phi) is 4.05. The highest BCUT2D eigenvalue weighted by atomic mass is 14.2. The van der Waals surface area contributed by atoms with Crippen molar-refractivity contribution >= 4 is 21.5 Å². The molecule has 0 saturated carbocycles. The first-order valence-electron chi connectivity index (χ1n) is 9.15. The first-order valence-corrected chi connectivity index (χ1v) is 9.15. The van der Waals surface area contributed by atoms with Crippen LogP contribution in [0.2, 0.25) is 0 Å². The minimum Gasteiger partial charge on any atom is -0.0645 e. The van der Waals surface area contributed by atoms with Gasteiger partial charge >= 0.3 is 0 Å². The third-order valence-electron chi connectivity index (χ3n) is 5.34. The van der Waals surface area contributed by atoms with Crippen molar-refractivity contribution in [2.45, 2.75) is 33.1 Å². The highest BCUT2D eigenvalue weighted by Gasteiger charge is 2.15. The van der Waals surface area contributed by atoms with Crippen molar-refractivity contribution in [1.29, 1.82) is 0 Å². The molecule has 0 radical (unpaired) electrons. The third kappa shape index (κ3) is 2.93. The van der Waals surface area contributed by atoms with Crippen LogP contribution in [0.25, 0.3) is 21.5 Å². The lowest BCUT2D eigenvalue weighted by Crippen LogP contribution is -2.02. The van der Waals surface area contributed by atoms with E-state index in [2.05, 4.69) is 93.6 Å². The number of hydrogen-bond acceptors (Lipinski definition) is 0. The summed E-state index contributed by atoms with van der Waals surface area (Å²) < 4.78 is 0. The smallest absolute Gasteiger partial charge is 0.00895 e. The zero-order valence-corrected chi connectivity index (χ0v) is 15.2. The summed E-state index contributed by atoms with van der Waals surface area (Å²) in [6.07, 6.45) is 1.11. The van der Waals surface area contributed by atoms with Crippen LogP contribution in [0.3, 0.4) is 0 Å². The Balaban J connectivity index is 1.85. The fourth-order valence-corrected chi connectivity index (χ4v) is 4.03. The molecule has 4 aromatic rings. The summed E-state index contributed by atoms with van der Waals surface area (Å²) in [6, 6.07) is 27.0. The molecule has 0 heterocycles. The normalized spacial score (nSPS) is 12.6. The second-order valence-corrected chi connectivity index (χ2v) is 7.13. The lowest BCUT2D eigenvalue weighted by atomic mass is 9.85. The number of hydrogen-bond donors (Lipinski definition) is 0. The Morgan fingerprint density at radius 1 is 0.680 bits per heavy atom. The van der Waals surface area contributed by atoms with Crippen molar-refractivity contribution in [1.82, 2.24) is 0 Å². The zero-order valence-electron chi connectivity index (χ0n) is 15.2. The van der Waals surface area contributed by atoms with Gasteiger partial charge in [-0.15, -0.1) is 0 Å². The van der Waals surface area contributed by atoms with Crippen LogP contribution in [0.5, 0.6) is 0 Å². The molecule has 124 valence electrons. The molecule has 25 heavy (non-hydrogen) atoms. The predicted molar refractivity (Wildman–Crippen MR) is 110 cm³/mol. The van der Waals surface area contributed by atoms with Gasteiger partial charge in [-0.25, -0.2) is 0 Å². The molecule has 0 spiro atoms. The molecule has 0 aliphatic carbocycles. The van der Waals surface area contributed by atoms with E-state index in [1.807, 2.05) is 0 Å². The van der Waals surface area contributed by atoms with Crippen LogP contribution in [0.4, 0.5) is 0 Å². The summed E-state index contributed by atoms with van der Waals surface area (Å²) >= 11 is 0. The summed E-state index contributed by atoms with van der Waals surface area (Å²) in [6.45, 7) is 6.69. The molecule has 1 unspecified atom stereocenters. The van der Waals surface area contributed by atoms with Gasteiger partial charge in [0.1, 0.15) is 0 Å². The number of benzene rings is 4. The zero-order chi connectivity index (χ0) is 17.4. The van der Waals surface area contributed by atoms with Gasteiger partial charge in [0.2, 0.25) is 0 Å². The maximum atomic E-state index is 2.38. The first-order chi connectivity index (χ1) is 12.2. The highest BCUT2D eigenvalue weighted by Crippen LogP contribution is 2.33. The Bertz CT molecular complexity index is 1060. The van der Waals surface area contributed by atoms with E-state index in [1.54, 1.807) is 0 Å². The van der Waals surface area contributed by atoms with Gasteiger partial charge in [0, 0.05) is 5.92 Å². The molecule has 0 fully saturated rings. The van der Waals surface area contributed by atoms with Crippen LogP contribution in [-0.4, -0.2) is 0 Å². The standard InChI is InChI=1S/C25H24/c1-4-24(25-12-9-17(2)13-18(25)3)22-11-10-21-14-19-7-5-6-8-20(19)15-23(21)16-22/h5-16,24H,4H2,1-3H3. The van der Waals surface area contributed by atoms with Crippen molar-refractivity contribution in [3.63, 3.8) is 0 Å². The molecule has 0 nitrogen and oxygen atoms in total. The van der Waals surface area contributed by atoms with E-state index < -0.39 is 0 Å². The fourth-order valence-electron chi connectivity index (χ4n) is 4.03. The Morgan fingerprint density at radius 3 is 2.04 bits per heavy atom. The quantitative estimate of drug-likeness (QED) is 0.351. The fraction of sp³-hybridized carbons (Fsp3) is 0.200. The molecule has 0 aliphatic heterocycles. The highest BCUT2D eigenvalue weighted by molar-refractivity contribution is 5.98. The van der Waals surface area contributed by atoms with Crippen LogP contribution in [0.15, 0.2) is 72.8 Å². The predicted octanol–water partition coefficient (Wildman–Crippen LogP) is 7.15. The summed E-state index contributed by atoms with van der Waals surface area (Å²) in [4.78, 5) is 0. The van der Waals surface area contributed by atoms with Crippen molar-refractivity contribution in [3.8, 4) is 0 Å². The maximum Gasteiger partial charge on any atom is 0.00895 e. The second kappa shape index (κ2) is 6.37. The van der Waals surface area contributed by atoms with Crippen LogP contribution in [0, 0.1) is 13.8 Å². The van der Waals surface area contributed by atoms with Crippen LogP contribution >= 0.6 is 0 Å². The summed E-state index contributed by atoms with van der Waals surface area (Å²) in [5.41, 5.74) is 5.59. The average molecular weight is 324 g/mol. The molecule has 1 atom stereocenters. The lowest BCUT2D eigenvalue weighted by Gasteiger charge is -2.19. The van der Waals surface area contributed by atoms with E-state index in [0.29, 0.717) is 5.92 Å². The van der Waals surface area contributed by atoms with Crippen LogP contribution < -0.4 is 0 Å². The molecule has 0 aromatic heterocycles. The molecule has 0 amide bonds. The maximum absolute atomic E-state index is 2.38. The minimum absolute atomic E-state index is 0.455. The van der Waals surface area contributed by atoms with E-state index in [-0.39, 0.29) is 0 Å². The monoisotopic (exact) mass is 324 g/mol. The largest absolute Gasteiger partial charge is 0.0645 e. The van der Waals surface area contributed by atoms with E-state index in [1.165, 1.54) is 43.8 Å². The van der Waals surface area contributed by atoms with Crippen molar-refractivity contribution in [3.05, 3.63) is 95.1 Å². The Labute approximate surface area is 150 Å². The molecule has 0 bridgehead atoms. The molecule has 4 aromatic carbocycles. The first kappa shape index (κ1) is 15.9. The Morgan fingerprint density at radius 2 is 1.36 bits per heavy atom. The summed E-state index contributed by atoms with van der Waals surface area (Å²) in [5, 5.41) is 5.27. The van der Waals surface area contributed by atoms with Crippen molar-refractivity contribution < 1.29 is 0 Å². The second-order valence-electron chi connectivity index (χ2n) is 7.13. The van der Waals surface area contributed by atoms with Gasteiger partial charge in [0.15, 0.2) is 0 Å². The van der Waals surface area contributed by atoms with Gasteiger partial charge in [-0.3, -0.25) is 0 Å². The van der Waals surface area contributed by atoms with Crippen LogP contribution in [-0.2, 0) is 0 Å². The van der Waals surface area contributed by atoms with E-state index >= 15 is 0 Å². The van der Waals surface area contributed by atoms with Gasteiger partial charge < -0.3 is 0 Å². The van der Waals surface area contributed by atoms with Crippen LogP contribution in [0.1, 0.15) is 41.5 Å². The van der Waals surface area contributed by atoms with E-state index in [9.17, 15) is 0 Å². The average Bonchev–Trinajstić information content (AvgIpc) is 2.62. The van der Waals surface area contributed by atoms with Crippen molar-refractivity contribution in [2.75, 3.05) is 0 Å². The molecule has 0 aliphatic rings. The Hall–Kier alpha value is -2.60. The topological polar surface area (TPSA) is 0 Å². The SMILES string of the molecule is CCC(c1ccc2cc3ccccc3cc2c1)c1ccc(C)cc1C. The number of fused-ring (bicyclic) bond motifs is 2. The third-order valence-corrected chi connectivity index (χ3v) is 5.34. The summed E-state index contributed by atoms with van der Waals surface area (Å²) in [5.74, 6) is 0.455. The van der Waals surface area contributed by atoms with Crippen molar-refractivity contribution in [2.24, 2.45) is 0 Å². The molecular formula is C25H24. The molecule has 0 saturated heterocycles. The minimum atomic E-state index is 0.455.